The summed E-state index contributed by atoms with van der Waals surface area (Å²) in [5, 5.41) is 5.06. The first kappa shape index (κ1) is 14.1. The second-order valence-electron chi connectivity index (χ2n) is 5.20. The van der Waals surface area contributed by atoms with Crippen LogP contribution in [-0.4, -0.2) is 6.09 Å². The molecule has 3 heteroatoms. The predicted molar refractivity (Wildman–Crippen MR) is 91.0 cm³/mol. The first-order chi connectivity index (χ1) is 10.7. The summed E-state index contributed by atoms with van der Waals surface area (Å²) in [5.74, 6) is 0. The van der Waals surface area contributed by atoms with E-state index in [9.17, 15) is 4.79 Å². The van der Waals surface area contributed by atoms with Crippen molar-refractivity contribution in [2.45, 2.75) is 13.5 Å². The number of ether oxygens (including phenoxy) is 1. The molecule has 0 fully saturated rings. The fourth-order valence-electron chi connectivity index (χ4n) is 2.36. The van der Waals surface area contributed by atoms with Crippen molar-refractivity contribution < 1.29 is 11.0 Å². The van der Waals surface area contributed by atoms with E-state index >= 15 is 0 Å². The molecule has 1 amide bonds. The summed E-state index contributed by atoms with van der Waals surface area (Å²) < 4.78 is 5.25. The van der Waals surface area contributed by atoms with Gasteiger partial charge in [-0.05, 0) is 41.0 Å². The molecule has 3 aromatic rings. The van der Waals surface area contributed by atoms with Crippen LogP contribution >= 0.6 is 0 Å². The van der Waals surface area contributed by atoms with Crippen molar-refractivity contribution >= 4 is 22.6 Å². The molecule has 0 saturated heterocycles. The van der Waals surface area contributed by atoms with E-state index in [0.29, 0.717) is 0 Å². The molecule has 0 aliphatic heterocycles. The van der Waals surface area contributed by atoms with Crippen LogP contribution in [0.4, 0.5) is 10.5 Å². The lowest BCUT2D eigenvalue weighted by Crippen LogP contribution is -2.14. The molecule has 3 rings (SSSR count). The zero-order chi connectivity index (χ0) is 15.4. The zero-order valence-electron chi connectivity index (χ0n) is 12.4. The zero-order valence-corrected chi connectivity index (χ0v) is 12.4. The highest BCUT2D eigenvalue weighted by molar-refractivity contribution is 5.92. The largest absolute Gasteiger partial charge is 0.444 e. The molecule has 0 atom stereocenters. The normalized spacial score (nSPS) is 10.4. The third kappa shape index (κ3) is 3.26. The number of rotatable bonds is 3. The maximum absolute atomic E-state index is 11.9. The average Bonchev–Trinajstić information content (AvgIpc) is 2.55. The molecule has 0 bridgehead atoms. The van der Waals surface area contributed by atoms with Crippen molar-refractivity contribution in [1.29, 1.82) is 0 Å². The number of hydrogen-bond donors (Lipinski definition) is 1. The van der Waals surface area contributed by atoms with E-state index in [-0.39, 0.29) is 8.03 Å². The molecule has 3 nitrogen and oxygen atoms in total. The molecule has 0 heterocycles. The monoisotopic (exact) mass is 293 g/mol. The van der Waals surface area contributed by atoms with Crippen LogP contribution in [0.5, 0.6) is 0 Å². The molecule has 3 aromatic carbocycles. The van der Waals surface area contributed by atoms with Gasteiger partial charge in [0.25, 0.3) is 0 Å². The second kappa shape index (κ2) is 6.31. The van der Waals surface area contributed by atoms with Gasteiger partial charge in [-0.25, -0.2) is 4.79 Å². The van der Waals surface area contributed by atoms with Gasteiger partial charge in [0.1, 0.15) is 6.61 Å². The Balaban J connectivity index is 0.00000192. The van der Waals surface area contributed by atoms with Crippen molar-refractivity contribution in [3.8, 4) is 0 Å². The van der Waals surface area contributed by atoms with Crippen molar-refractivity contribution in [2.24, 2.45) is 0 Å². The average molecular weight is 293 g/mol. The van der Waals surface area contributed by atoms with Crippen molar-refractivity contribution in [1.82, 2.24) is 0 Å². The van der Waals surface area contributed by atoms with E-state index in [2.05, 4.69) is 17.4 Å². The Morgan fingerprint density at radius 3 is 2.36 bits per heavy atom. The van der Waals surface area contributed by atoms with Crippen LogP contribution in [0.25, 0.3) is 10.8 Å². The topological polar surface area (TPSA) is 38.3 Å². The van der Waals surface area contributed by atoms with Gasteiger partial charge in [-0.15, -0.1) is 0 Å². The van der Waals surface area contributed by atoms with Gasteiger partial charge in [-0.1, -0.05) is 54.6 Å². The Kier molecular flexibility index (Phi) is 4.05. The van der Waals surface area contributed by atoms with Gasteiger partial charge in [-0.3, -0.25) is 5.32 Å². The number of anilines is 1. The van der Waals surface area contributed by atoms with Crippen LogP contribution in [0.15, 0.2) is 66.7 Å². The fraction of sp³-hybridized carbons (Fsp3) is 0.105. The van der Waals surface area contributed by atoms with Crippen molar-refractivity contribution in [3.63, 3.8) is 0 Å². The van der Waals surface area contributed by atoms with E-state index in [4.69, 9.17) is 4.74 Å². The Morgan fingerprint density at radius 1 is 1.00 bits per heavy atom. The molecule has 0 saturated carbocycles. The van der Waals surface area contributed by atoms with E-state index in [1.807, 2.05) is 61.5 Å². The van der Waals surface area contributed by atoms with E-state index < -0.39 is 6.09 Å². The summed E-state index contributed by atoms with van der Waals surface area (Å²) in [4.78, 5) is 11.9. The quantitative estimate of drug-likeness (QED) is 0.726. The molecule has 0 unspecified atom stereocenters. The van der Waals surface area contributed by atoms with E-state index in [0.717, 1.165) is 27.6 Å². The van der Waals surface area contributed by atoms with Crippen LogP contribution in [-0.2, 0) is 11.3 Å². The summed E-state index contributed by atoms with van der Waals surface area (Å²) >= 11 is 0. The molecule has 0 aliphatic rings. The van der Waals surface area contributed by atoms with Gasteiger partial charge < -0.3 is 4.74 Å². The SMILES string of the molecule is Cc1cc2ccccc2cc1NC(=O)OCc1ccccc1.[HH]. The predicted octanol–water partition coefficient (Wildman–Crippen LogP) is 5.14. The minimum atomic E-state index is -0.442. The summed E-state index contributed by atoms with van der Waals surface area (Å²) in [6.07, 6.45) is -0.442. The minimum absolute atomic E-state index is 0. The van der Waals surface area contributed by atoms with Gasteiger partial charge in [0.2, 0.25) is 0 Å². The molecule has 0 radical (unpaired) electrons. The van der Waals surface area contributed by atoms with Gasteiger partial charge in [0.05, 0.1) is 0 Å². The summed E-state index contributed by atoms with van der Waals surface area (Å²) in [6, 6.07) is 21.7. The highest BCUT2D eigenvalue weighted by Gasteiger charge is 2.07. The number of carbonyl (C=O) groups is 1. The first-order valence-electron chi connectivity index (χ1n) is 7.19. The summed E-state index contributed by atoms with van der Waals surface area (Å²) in [7, 11) is 0. The van der Waals surface area contributed by atoms with Crippen LogP contribution in [0.3, 0.4) is 0 Å². The van der Waals surface area contributed by atoms with E-state index in [1.165, 1.54) is 0 Å². The molecular weight excluding hydrogens is 274 g/mol. The molecule has 112 valence electrons. The molecule has 1 N–H and O–H groups in total. The van der Waals surface area contributed by atoms with E-state index in [1.54, 1.807) is 0 Å². The van der Waals surface area contributed by atoms with Crippen molar-refractivity contribution in [3.05, 3.63) is 77.9 Å². The number of hydrogen-bond acceptors (Lipinski definition) is 2. The van der Waals surface area contributed by atoms with Crippen molar-refractivity contribution in [2.75, 3.05) is 5.32 Å². The maximum atomic E-state index is 11.9. The smallest absolute Gasteiger partial charge is 0.411 e. The second-order valence-corrected chi connectivity index (χ2v) is 5.20. The summed E-state index contributed by atoms with van der Waals surface area (Å²) in [5.41, 5.74) is 2.75. The van der Waals surface area contributed by atoms with Crippen LogP contribution in [0.1, 0.15) is 12.6 Å². The van der Waals surface area contributed by atoms with Gasteiger partial charge in [0.15, 0.2) is 0 Å². The maximum Gasteiger partial charge on any atom is 0.411 e. The Labute approximate surface area is 131 Å². The molecular formula is C19H19NO2. The number of carbonyl (C=O) groups excluding carboxylic acids is 1. The Bertz CT molecular complexity index is 803. The third-order valence-electron chi connectivity index (χ3n) is 3.54. The molecule has 0 spiro atoms. The third-order valence-corrected chi connectivity index (χ3v) is 3.54. The number of aryl methyl sites for hydroxylation is 1. The lowest BCUT2D eigenvalue weighted by atomic mass is 10.1. The fourth-order valence-corrected chi connectivity index (χ4v) is 2.36. The highest BCUT2D eigenvalue weighted by atomic mass is 16.5. The molecule has 22 heavy (non-hydrogen) atoms. The number of benzene rings is 3. The molecule has 0 aromatic heterocycles. The number of nitrogens with one attached hydrogen (secondary N) is 1. The highest BCUT2D eigenvalue weighted by Crippen LogP contribution is 2.23. The molecule has 0 aliphatic carbocycles. The van der Waals surface area contributed by atoms with Gasteiger partial charge in [-0.2, -0.15) is 0 Å². The van der Waals surface area contributed by atoms with Crippen LogP contribution in [0.2, 0.25) is 0 Å². The van der Waals surface area contributed by atoms with Crippen LogP contribution < -0.4 is 5.32 Å². The standard InChI is InChI=1S/C19H17NO2.H2/c1-14-11-16-9-5-6-10-17(16)12-18(14)20-19(21)22-13-15-7-3-2-4-8-15;/h2-12H,13H2,1H3,(H,20,21);1H. The first-order valence-corrected chi connectivity index (χ1v) is 7.19. The lowest BCUT2D eigenvalue weighted by molar-refractivity contribution is 0.155. The van der Waals surface area contributed by atoms with Gasteiger partial charge >= 0.3 is 6.09 Å². The van der Waals surface area contributed by atoms with Crippen LogP contribution in [0, 0.1) is 6.92 Å². The lowest BCUT2D eigenvalue weighted by Gasteiger charge is -2.11. The number of amides is 1. The Morgan fingerprint density at radius 2 is 1.64 bits per heavy atom. The number of fused-ring (bicyclic) bond motifs is 1. The summed E-state index contributed by atoms with van der Waals surface area (Å²) in [6.45, 7) is 2.23. The Hall–Kier alpha value is -2.81. The van der Waals surface area contributed by atoms with Gasteiger partial charge in [0, 0.05) is 7.11 Å². The minimum Gasteiger partial charge on any atom is -0.444 e.